The van der Waals surface area contributed by atoms with Gasteiger partial charge in [0.05, 0.1) is 12.8 Å². The van der Waals surface area contributed by atoms with E-state index >= 15 is 0 Å². The molecule has 2 aromatic carbocycles. The van der Waals surface area contributed by atoms with Crippen molar-refractivity contribution in [2.75, 3.05) is 51.3 Å². The molecule has 2 aliphatic rings. The van der Waals surface area contributed by atoms with Gasteiger partial charge in [-0.2, -0.15) is 0 Å². The van der Waals surface area contributed by atoms with Crippen molar-refractivity contribution < 1.29 is 18.3 Å². The third kappa shape index (κ3) is 6.09. The molecule has 0 N–H and O–H groups in total. The highest BCUT2D eigenvalue weighted by atomic mass is 19.1. The maximum atomic E-state index is 14.2. The van der Waals surface area contributed by atoms with E-state index in [1.807, 2.05) is 18.2 Å². The number of nitrogens with zero attached hydrogens (tertiary/aromatic N) is 3. The summed E-state index contributed by atoms with van der Waals surface area (Å²) in [5.74, 6) is -0.239. The molecule has 2 heterocycles. The van der Waals surface area contributed by atoms with E-state index in [1.54, 1.807) is 18.2 Å². The number of ether oxygens (including phenoxy) is 1. The second kappa shape index (κ2) is 11.1. The smallest absolute Gasteiger partial charge is 0.305 e. The lowest BCUT2D eigenvalue weighted by Crippen LogP contribution is -2.56. The molecule has 0 bridgehead atoms. The Bertz CT molecular complexity index is 933. The van der Waals surface area contributed by atoms with Crippen LogP contribution in [0.15, 0.2) is 48.5 Å². The minimum atomic E-state index is -0.211. The van der Waals surface area contributed by atoms with E-state index in [0.29, 0.717) is 30.6 Å². The molecule has 2 aromatic rings. The largest absolute Gasteiger partial charge is 0.469 e. The van der Waals surface area contributed by atoms with Gasteiger partial charge in [0.25, 0.3) is 0 Å². The highest BCUT2D eigenvalue weighted by Crippen LogP contribution is 2.29. The summed E-state index contributed by atoms with van der Waals surface area (Å²) < 4.78 is 32.7. The van der Waals surface area contributed by atoms with Crippen LogP contribution < -0.4 is 4.90 Å². The van der Waals surface area contributed by atoms with E-state index in [0.717, 1.165) is 57.7 Å². The van der Waals surface area contributed by atoms with Crippen molar-refractivity contribution >= 4 is 11.7 Å². The highest BCUT2D eigenvalue weighted by molar-refractivity contribution is 5.69. The number of benzene rings is 2. The number of para-hydroxylation sites is 1. The van der Waals surface area contributed by atoms with Crippen LogP contribution in [0.3, 0.4) is 0 Å². The van der Waals surface area contributed by atoms with Gasteiger partial charge in [-0.15, -0.1) is 0 Å². The van der Waals surface area contributed by atoms with Gasteiger partial charge in [-0.3, -0.25) is 14.6 Å². The summed E-state index contributed by atoms with van der Waals surface area (Å²) in [6.07, 6.45) is 2.17. The van der Waals surface area contributed by atoms with Crippen molar-refractivity contribution in [2.24, 2.45) is 5.92 Å². The summed E-state index contributed by atoms with van der Waals surface area (Å²) in [7, 11) is 1.43. The van der Waals surface area contributed by atoms with Crippen molar-refractivity contribution in [1.29, 1.82) is 0 Å². The van der Waals surface area contributed by atoms with Crippen LogP contribution >= 0.6 is 0 Å². The van der Waals surface area contributed by atoms with E-state index in [4.69, 9.17) is 4.74 Å². The molecule has 5 nitrogen and oxygen atoms in total. The van der Waals surface area contributed by atoms with Crippen molar-refractivity contribution in [3.8, 4) is 0 Å². The van der Waals surface area contributed by atoms with Gasteiger partial charge in [0.15, 0.2) is 0 Å². The Balaban J connectivity index is 1.39. The summed E-state index contributed by atoms with van der Waals surface area (Å²) in [6, 6.07) is 14.1. The third-order valence-electron chi connectivity index (χ3n) is 7.00. The molecule has 0 saturated carbocycles. The number of esters is 1. The molecule has 4 rings (SSSR count). The molecular formula is C26H33F2N3O2. The first-order valence-electron chi connectivity index (χ1n) is 11.8. The van der Waals surface area contributed by atoms with Gasteiger partial charge < -0.3 is 9.64 Å². The minimum Gasteiger partial charge on any atom is -0.469 e. The number of methoxy groups -OCH3 is 1. The molecule has 2 fully saturated rings. The fourth-order valence-corrected chi connectivity index (χ4v) is 5.30. The number of likely N-dealkylation sites (tertiary alicyclic amines) is 1. The predicted molar refractivity (Wildman–Crippen MR) is 125 cm³/mol. The number of hydrogen-bond donors (Lipinski definition) is 0. The lowest BCUT2D eigenvalue weighted by molar-refractivity contribution is -0.141. The first-order chi connectivity index (χ1) is 16.0. The van der Waals surface area contributed by atoms with Gasteiger partial charge >= 0.3 is 5.97 Å². The lowest BCUT2D eigenvalue weighted by Gasteiger charge is -2.47. The van der Waals surface area contributed by atoms with Crippen LogP contribution in [0, 0.1) is 17.6 Å². The van der Waals surface area contributed by atoms with E-state index in [9.17, 15) is 13.6 Å². The fourth-order valence-electron chi connectivity index (χ4n) is 5.30. The Morgan fingerprint density at radius 3 is 2.55 bits per heavy atom. The summed E-state index contributed by atoms with van der Waals surface area (Å²) in [4.78, 5) is 18.8. The molecule has 0 amide bonds. The molecule has 2 atom stereocenters. The Morgan fingerprint density at radius 2 is 1.82 bits per heavy atom. The molecule has 0 spiro atoms. The zero-order valence-corrected chi connectivity index (χ0v) is 19.3. The molecule has 0 unspecified atom stereocenters. The number of piperidine rings is 1. The van der Waals surface area contributed by atoms with Crippen LogP contribution in [0.25, 0.3) is 0 Å². The predicted octanol–water partition coefficient (Wildman–Crippen LogP) is 3.93. The molecule has 0 aliphatic carbocycles. The maximum absolute atomic E-state index is 14.2. The summed E-state index contributed by atoms with van der Waals surface area (Å²) >= 11 is 0. The van der Waals surface area contributed by atoms with Crippen LogP contribution in [0.1, 0.15) is 24.8 Å². The molecule has 2 aliphatic heterocycles. The molecule has 0 radical (unpaired) electrons. The monoisotopic (exact) mass is 457 g/mol. The van der Waals surface area contributed by atoms with Crippen LogP contribution in [0.5, 0.6) is 0 Å². The summed E-state index contributed by atoms with van der Waals surface area (Å²) in [5, 5.41) is 0. The zero-order valence-electron chi connectivity index (χ0n) is 19.3. The van der Waals surface area contributed by atoms with Crippen molar-refractivity contribution in [1.82, 2.24) is 9.80 Å². The van der Waals surface area contributed by atoms with Gasteiger partial charge in [0, 0.05) is 51.7 Å². The number of anilines is 1. The summed E-state index contributed by atoms with van der Waals surface area (Å²) in [5.41, 5.74) is 1.64. The number of halogens is 2. The van der Waals surface area contributed by atoms with Crippen LogP contribution in [-0.4, -0.2) is 68.2 Å². The number of piperazine rings is 1. The van der Waals surface area contributed by atoms with E-state index in [1.165, 1.54) is 19.2 Å². The van der Waals surface area contributed by atoms with Gasteiger partial charge in [-0.1, -0.05) is 24.3 Å². The Kier molecular flexibility index (Phi) is 7.93. The van der Waals surface area contributed by atoms with E-state index in [2.05, 4.69) is 14.7 Å². The SMILES string of the molecule is COC(=O)CC[C@@H]1CN(Cc2cccc(F)c2)CC[C@@H]1N1CCN(c2ccccc2F)CC1. The molecule has 178 valence electrons. The van der Waals surface area contributed by atoms with Gasteiger partial charge in [-0.25, -0.2) is 8.78 Å². The minimum absolute atomic E-state index is 0.174. The Labute approximate surface area is 194 Å². The molecule has 0 aromatic heterocycles. The standard InChI is InChI=1S/C26H33F2N3O2/c1-33-26(32)10-9-21-19-29(18-20-5-4-6-22(27)17-20)12-11-24(21)30-13-15-31(16-14-30)25-8-3-2-7-23(25)28/h2-8,17,21,24H,9-16,18-19H2,1H3/t21-,24+/m1/s1. The number of carbonyl (C=O) groups excluding carboxylic acids is 1. The van der Waals surface area contributed by atoms with Crippen molar-refractivity contribution in [3.05, 3.63) is 65.7 Å². The zero-order chi connectivity index (χ0) is 23.2. The Hall–Kier alpha value is -2.51. The second-order valence-electron chi connectivity index (χ2n) is 9.07. The van der Waals surface area contributed by atoms with Crippen molar-refractivity contribution in [2.45, 2.75) is 31.8 Å². The molecule has 7 heteroatoms. The first kappa shape index (κ1) is 23.6. The van der Waals surface area contributed by atoms with E-state index < -0.39 is 0 Å². The highest BCUT2D eigenvalue weighted by Gasteiger charge is 2.35. The van der Waals surface area contributed by atoms with Gasteiger partial charge in [0.1, 0.15) is 11.6 Å². The average molecular weight is 458 g/mol. The fraction of sp³-hybridized carbons (Fsp3) is 0.500. The number of rotatable bonds is 7. The van der Waals surface area contributed by atoms with E-state index in [-0.39, 0.29) is 17.6 Å². The average Bonchev–Trinajstić information content (AvgIpc) is 2.83. The molecular weight excluding hydrogens is 424 g/mol. The van der Waals surface area contributed by atoms with Crippen LogP contribution in [0.2, 0.25) is 0 Å². The summed E-state index contributed by atoms with van der Waals surface area (Å²) in [6.45, 7) is 5.83. The number of hydrogen-bond acceptors (Lipinski definition) is 5. The van der Waals surface area contributed by atoms with Crippen LogP contribution in [-0.2, 0) is 16.1 Å². The van der Waals surface area contributed by atoms with Crippen molar-refractivity contribution in [3.63, 3.8) is 0 Å². The molecule has 33 heavy (non-hydrogen) atoms. The van der Waals surface area contributed by atoms with Gasteiger partial charge in [-0.05, 0) is 55.1 Å². The topological polar surface area (TPSA) is 36.0 Å². The van der Waals surface area contributed by atoms with Gasteiger partial charge in [0.2, 0.25) is 0 Å². The Morgan fingerprint density at radius 1 is 1.03 bits per heavy atom. The maximum Gasteiger partial charge on any atom is 0.305 e. The third-order valence-corrected chi connectivity index (χ3v) is 7.00. The second-order valence-corrected chi connectivity index (χ2v) is 9.07. The normalized spacial score (nSPS) is 22.3. The lowest BCUT2D eigenvalue weighted by atomic mass is 9.86. The quantitative estimate of drug-likeness (QED) is 0.589. The van der Waals surface area contributed by atoms with Crippen LogP contribution in [0.4, 0.5) is 14.5 Å². The number of carbonyl (C=O) groups is 1. The molecule has 2 saturated heterocycles. The first-order valence-corrected chi connectivity index (χ1v) is 11.8.